The van der Waals surface area contributed by atoms with Crippen LogP contribution in [0.4, 0.5) is 11.4 Å². The number of carbonyl (C=O) groups is 2. The van der Waals surface area contributed by atoms with Crippen LogP contribution in [0, 0.1) is 0 Å². The zero-order valence-corrected chi connectivity index (χ0v) is 23.4. The number of nitrogens with one attached hydrogen (secondary N) is 2. The SMILES string of the molecule is O=C(CCCC(=O)Nc1ccc(OCCCc2ccccc2)cc1)Nc1ccc(OCCCc2ccccc2)cc1. The second kappa shape index (κ2) is 16.5. The van der Waals surface area contributed by atoms with Crippen molar-refractivity contribution in [2.75, 3.05) is 23.8 Å². The molecule has 0 unspecified atom stereocenters. The summed E-state index contributed by atoms with van der Waals surface area (Å²) in [5, 5.41) is 5.76. The molecule has 2 N–H and O–H groups in total. The molecule has 4 aromatic rings. The Morgan fingerprint density at radius 2 is 0.878 bits per heavy atom. The molecule has 0 fully saturated rings. The van der Waals surface area contributed by atoms with E-state index >= 15 is 0 Å². The Labute approximate surface area is 242 Å². The lowest BCUT2D eigenvalue weighted by Crippen LogP contribution is -2.14. The molecule has 0 atom stereocenters. The van der Waals surface area contributed by atoms with Gasteiger partial charge in [-0.25, -0.2) is 0 Å². The third-order valence-corrected chi connectivity index (χ3v) is 6.53. The number of rotatable bonds is 16. The van der Waals surface area contributed by atoms with E-state index in [0.29, 0.717) is 31.0 Å². The number of anilines is 2. The van der Waals surface area contributed by atoms with Crippen molar-refractivity contribution in [3.8, 4) is 11.5 Å². The monoisotopic (exact) mass is 550 g/mol. The van der Waals surface area contributed by atoms with E-state index in [-0.39, 0.29) is 24.7 Å². The average Bonchev–Trinajstić information content (AvgIpc) is 3.00. The number of aryl methyl sites for hydroxylation is 2. The van der Waals surface area contributed by atoms with E-state index in [1.165, 1.54) is 11.1 Å². The smallest absolute Gasteiger partial charge is 0.224 e. The highest BCUT2D eigenvalue weighted by Gasteiger charge is 2.07. The van der Waals surface area contributed by atoms with Gasteiger partial charge in [0.25, 0.3) is 0 Å². The molecule has 41 heavy (non-hydrogen) atoms. The minimum Gasteiger partial charge on any atom is -0.494 e. The molecule has 6 heteroatoms. The predicted octanol–water partition coefficient (Wildman–Crippen LogP) is 7.46. The maximum Gasteiger partial charge on any atom is 0.224 e. The van der Waals surface area contributed by atoms with Gasteiger partial charge >= 0.3 is 0 Å². The van der Waals surface area contributed by atoms with Gasteiger partial charge < -0.3 is 20.1 Å². The number of amides is 2. The zero-order chi connectivity index (χ0) is 28.5. The summed E-state index contributed by atoms with van der Waals surface area (Å²) in [6.07, 6.45) is 4.82. The van der Waals surface area contributed by atoms with Gasteiger partial charge in [0.1, 0.15) is 11.5 Å². The summed E-state index contributed by atoms with van der Waals surface area (Å²) in [6.45, 7) is 1.27. The van der Waals surface area contributed by atoms with Gasteiger partial charge in [0.2, 0.25) is 11.8 Å². The van der Waals surface area contributed by atoms with E-state index < -0.39 is 0 Å². The highest BCUT2D eigenvalue weighted by Crippen LogP contribution is 2.18. The largest absolute Gasteiger partial charge is 0.494 e. The maximum absolute atomic E-state index is 12.3. The van der Waals surface area contributed by atoms with Crippen molar-refractivity contribution in [3.63, 3.8) is 0 Å². The van der Waals surface area contributed by atoms with E-state index in [4.69, 9.17) is 9.47 Å². The molecule has 0 saturated carbocycles. The first-order chi connectivity index (χ1) is 20.1. The topological polar surface area (TPSA) is 76.7 Å². The van der Waals surface area contributed by atoms with Gasteiger partial charge in [-0.1, -0.05) is 60.7 Å². The highest BCUT2D eigenvalue weighted by atomic mass is 16.5. The molecule has 0 heterocycles. The van der Waals surface area contributed by atoms with Gasteiger partial charge in [0.05, 0.1) is 13.2 Å². The van der Waals surface area contributed by atoms with Crippen LogP contribution in [0.1, 0.15) is 43.2 Å². The summed E-state index contributed by atoms with van der Waals surface area (Å²) >= 11 is 0. The second-order valence-electron chi connectivity index (χ2n) is 9.87. The Balaban J connectivity index is 1.06. The Bertz CT molecular complexity index is 1220. The van der Waals surface area contributed by atoms with Gasteiger partial charge in [-0.2, -0.15) is 0 Å². The lowest BCUT2D eigenvalue weighted by molar-refractivity contribution is -0.117. The number of carbonyl (C=O) groups excluding carboxylic acids is 2. The minimum atomic E-state index is -0.122. The third kappa shape index (κ3) is 11.2. The lowest BCUT2D eigenvalue weighted by atomic mass is 10.1. The van der Waals surface area contributed by atoms with Gasteiger partial charge in [-0.15, -0.1) is 0 Å². The first-order valence-electron chi connectivity index (χ1n) is 14.3. The van der Waals surface area contributed by atoms with Crippen molar-refractivity contribution in [3.05, 3.63) is 120 Å². The van der Waals surface area contributed by atoms with E-state index in [9.17, 15) is 9.59 Å². The summed E-state index contributed by atoms with van der Waals surface area (Å²) in [5.41, 5.74) is 4.02. The summed E-state index contributed by atoms with van der Waals surface area (Å²) in [7, 11) is 0. The molecule has 0 aliphatic rings. The Morgan fingerprint density at radius 1 is 0.488 bits per heavy atom. The first kappa shape index (κ1) is 29.4. The molecule has 0 aromatic heterocycles. The normalized spacial score (nSPS) is 10.5. The van der Waals surface area contributed by atoms with Crippen molar-refractivity contribution < 1.29 is 19.1 Å². The number of benzene rings is 4. The van der Waals surface area contributed by atoms with Crippen LogP contribution in [0.5, 0.6) is 11.5 Å². The van der Waals surface area contributed by atoms with Gasteiger partial charge in [-0.3, -0.25) is 9.59 Å². The molecule has 6 nitrogen and oxygen atoms in total. The van der Waals surface area contributed by atoms with E-state index in [1.807, 2.05) is 84.9 Å². The molecule has 0 aliphatic carbocycles. The summed E-state index contributed by atoms with van der Waals surface area (Å²) in [6, 6.07) is 35.4. The summed E-state index contributed by atoms with van der Waals surface area (Å²) < 4.78 is 11.6. The van der Waals surface area contributed by atoms with Gasteiger partial charge in [0, 0.05) is 24.2 Å². The number of ether oxygens (including phenoxy) is 2. The van der Waals surface area contributed by atoms with Crippen molar-refractivity contribution in [2.45, 2.75) is 44.9 Å². The van der Waals surface area contributed by atoms with Gasteiger partial charge in [-0.05, 0) is 91.8 Å². The van der Waals surface area contributed by atoms with Crippen LogP contribution in [0.3, 0.4) is 0 Å². The standard InChI is InChI=1S/C35H38N2O4/c38-34(36-30-18-22-32(23-19-30)40-26-8-14-28-10-3-1-4-11-28)16-7-17-35(39)37-31-20-24-33(25-21-31)41-27-9-15-29-12-5-2-6-13-29/h1-6,10-13,18-25H,7-9,14-17,26-27H2,(H,36,38)(H,37,39). The molecule has 0 saturated heterocycles. The van der Waals surface area contributed by atoms with Crippen molar-refractivity contribution >= 4 is 23.2 Å². The van der Waals surface area contributed by atoms with Crippen LogP contribution in [-0.4, -0.2) is 25.0 Å². The Morgan fingerprint density at radius 3 is 1.27 bits per heavy atom. The van der Waals surface area contributed by atoms with E-state index in [2.05, 4.69) is 34.9 Å². The molecule has 4 aromatic carbocycles. The lowest BCUT2D eigenvalue weighted by Gasteiger charge is -2.09. The van der Waals surface area contributed by atoms with Gasteiger partial charge in [0.15, 0.2) is 0 Å². The fourth-order valence-electron chi connectivity index (χ4n) is 4.35. The predicted molar refractivity (Wildman–Crippen MR) is 165 cm³/mol. The van der Waals surface area contributed by atoms with Crippen LogP contribution < -0.4 is 20.1 Å². The highest BCUT2D eigenvalue weighted by molar-refractivity contribution is 5.93. The van der Waals surface area contributed by atoms with Crippen molar-refractivity contribution in [1.29, 1.82) is 0 Å². The Kier molecular flexibility index (Phi) is 11.8. The van der Waals surface area contributed by atoms with E-state index in [1.54, 1.807) is 0 Å². The first-order valence-corrected chi connectivity index (χ1v) is 14.3. The third-order valence-electron chi connectivity index (χ3n) is 6.53. The quantitative estimate of drug-likeness (QED) is 0.142. The maximum atomic E-state index is 12.3. The average molecular weight is 551 g/mol. The van der Waals surface area contributed by atoms with Crippen LogP contribution in [0.2, 0.25) is 0 Å². The number of hydrogen-bond donors (Lipinski definition) is 2. The van der Waals surface area contributed by atoms with E-state index in [0.717, 1.165) is 37.2 Å². The van der Waals surface area contributed by atoms with Crippen molar-refractivity contribution in [2.24, 2.45) is 0 Å². The molecule has 0 bridgehead atoms. The molecule has 0 radical (unpaired) electrons. The fraction of sp³-hybridized carbons (Fsp3) is 0.257. The van der Waals surface area contributed by atoms with Crippen molar-refractivity contribution in [1.82, 2.24) is 0 Å². The second-order valence-corrected chi connectivity index (χ2v) is 9.87. The molecule has 4 rings (SSSR count). The zero-order valence-electron chi connectivity index (χ0n) is 23.4. The summed E-state index contributed by atoms with van der Waals surface area (Å²) in [4.78, 5) is 24.6. The van der Waals surface area contributed by atoms with Crippen LogP contribution in [0.25, 0.3) is 0 Å². The molecule has 2 amide bonds. The molecule has 0 spiro atoms. The Hall–Kier alpha value is -4.58. The molecular formula is C35H38N2O4. The fourth-order valence-corrected chi connectivity index (χ4v) is 4.35. The molecular weight excluding hydrogens is 512 g/mol. The number of hydrogen-bond acceptors (Lipinski definition) is 4. The van der Waals surface area contributed by atoms with Crippen LogP contribution in [0.15, 0.2) is 109 Å². The summed E-state index contributed by atoms with van der Waals surface area (Å²) in [5.74, 6) is 1.30. The van der Waals surface area contributed by atoms with Crippen LogP contribution >= 0.6 is 0 Å². The minimum absolute atomic E-state index is 0.122. The van der Waals surface area contributed by atoms with Crippen LogP contribution in [-0.2, 0) is 22.4 Å². The molecule has 212 valence electrons. The molecule has 0 aliphatic heterocycles.